The first-order valence-corrected chi connectivity index (χ1v) is 6.37. The maximum absolute atomic E-state index is 4.46. The number of imidazole rings is 1. The molecule has 1 N–H and O–H groups in total. The van der Waals surface area contributed by atoms with E-state index in [0.717, 1.165) is 17.9 Å². The molecule has 20 heavy (non-hydrogen) atoms. The number of aromatic amines is 1. The first-order chi connectivity index (χ1) is 9.72. The topological polar surface area (TPSA) is 62.6 Å². The minimum absolute atomic E-state index is 0.592. The molecule has 0 aliphatic carbocycles. The number of aromatic nitrogens is 5. The molecule has 0 radical (unpaired) electrons. The lowest BCUT2D eigenvalue weighted by Crippen LogP contribution is -2.10. The largest absolute Gasteiger partial charge is 0.305 e. The molecule has 2 heterocycles. The molecule has 2 aromatic heterocycles. The highest BCUT2D eigenvalue weighted by Crippen LogP contribution is 2.17. The average molecular weight is 268 g/mol. The van der Waals surface area contributed by atoms with Gasteiger partial charge in [0.25, 0.3) is 5.95 Å². The van der Waals surface area contributed by atoms with Gasteiger partial charge >= 0.3 is 0 Å². The summed E-state index contributed by atoms with van der Waals surface area (Å²) in [6.45, 7) is 0.928. The third-order valence-corrected chi connectivity index (χ3v) is 2.94. The van der Waals surface area contributed by atoms with E-state index in [2.05, 4.69) is 63.4 Å². The van der Waals surface area contributed by atoms with Crippen molar-refractivity contribution in [2.75, 3.05) is 14.1 Å². The summed E-state index contributed by atoms with van der Waals surface area (Å²) >= 11 is 0. The molecule has 3 aromatic rings. The quantitative estimate of drug-likeness (QED) is 0.782. The fourth-order valence-electron chi connectivity index (χ4n) is 2.01. The molecule has 0 saturated heterocycles. The Balaban J connectivity index is 1.83. The summed E-state index contributed by atoms with van der Waals surface area (Å²) in [5.41, 5.74) is 2.29. The van der Waals surface area contributed by atoms with Crippen LogP contribution in [0.3, 0.4) is 0 Å². The van der Waals surface area contributed by atoms with Crippen LogP contribution in [0.4, 0.5) is 0 Å². The Hall–Kier alpha value is -2.47. The van der Waals surface area contributed by atoms with Crippen LogP contribution in [0.1, 0.15) is 5.56 Å². The van der Waals surface area contributed by atoms with Gasteiger partial charge in [0.05, 0.1) is 0 Å². The lowest BCUT2D eigenvalue weighted by atomic mass is 10.1. The fraction of sp³-hybridized carbons (Fsp3) is 0.214. The molecule has 0 unspecified atom stereocenters. The van der Waals surface area contributed by atoms with Crippen molar-refractivity contribution < 1.29 is 0 Å². The van der Waals surface area contributed by atoms with Crippen molar-refractivity contribution in [2.24, 2.45) is 0 Å². The predicted octanol–water partition coefficient (Wildman–Crippen LogP) is 1.72. The predicted molar refractivity (Wildman–Crippen MR) is 76.3 cm³/mol. The van der Waals surface area contributed by atoms with E-state index < -0.39 is 0 Å². The van der Waals surface area contributed by atoms with Crippen LogP contribution in [0.15, 0.2) is 43.0 Å². The van der Waals surface area contributed by atoms with Crippen LogP contribution in [0.5, 0.6) is 0 Å². The van der Waals surface area contributed by atoms with Gasteiger partial charge in [-0.2, -0.15) is 4.98 Å². The van der Waals surface area contributed by atoms with Crippen LogP contribution in [0.2, 0.25) is 0 Å². The number of nitrogens with zero attached hydrogens (tertiary/aromatic N) is 5. The van der Waals surface area contributed by atoms with Crippen LogP contribution in [-0.4, -0.2) is 43.7 Å². The van der Waals surface area contributed by atoms with Gasteiger partial charge in [0.15, 0.2) is 5.82 Å². The zero-order valence-electron chi connectivity index (χ0n) is 11.5. The summed E-state index contributed by atoms with van der Waals surface area (Å²) in [5.74, 6) is 1.35. The van der Waals surface area contributed by atoms with Gasteiger partial charge in [-0.3, -0.25) is 9.67 Å². The molecule has 0 spiro atoms. The van der Waals surface area contributed by atoms with Gasteiger partial charge in [-0.25, -0.2) is 4.98 Å². The smallest absolute Gasteiger partial charge is 0.254 e. The molecule has 6 heteroatoms. The van der Waals surface area contributed by atoms with Crippen molar-refractivity contribution in [2.45, 2.75) is 6.54 Å². The molecule has 1 aromatic carbocycles. The Morgan fingerprint density at radius 3 is 2.65 bits per heavy atom. The van der Waals surface area contributed by atoms with Gasteiger partial charge in [-0.15, -0.1) is 5.10 Å². The van der Waals surface area contributed by atoms with Crippen LogP contribution >= 0.6 is 0 Å². The third-order valence-electron chi connectivity index (χ3n) is 2.94. The summed E-state index contributed by atoms with van der Waals surface area (Å²) in [6.07, 6.45) is 5.19. The molecule has 0 amide bonds. The molecular weight excluding hydrogens is 252 g/mol. The molecule has 3 rings (SSSR count). The summed E-state index contributed by atoms with van der Waals surface area (Å²) < 4.78 is 1.76. The van der Waals surface area contributed by atoms with Crippen molar-refractivity contribution >= 4 is 0 Å². The van der Waals surface area contributed by atoms with E-state index in [1.54, 1.807) is 17.1 Å². The summed E-state index contributed by atoms with van der Waals surface area (Å²) in [6, 6.07) is 8.32. The van der Waals surface area contributed by atoms with Gasteiger partial charge in [-0.1, -0.05) is 24.3 Å². The minimum atomic E-state index is 0.592. The second-order valence-electron chi connectivity index (χ2n) is 4.89. The average Bonchev–Trinajstić information content (AvgIpc) is 3.10. The highest BCUT2D eigenvalue weighted by atomic mass is 15.3. The number of hydrogen-bond acceptors (Lipinski definition) is 4. The van der Waals surface area contributed by atoms with E-state index in [1.165, 1.54) is 5.56 Å². The maximum Gasteiger partial charge on any atom is 0.254 e. The Labute approximate surface area is 117 Å². The van der Waals surface area contributed by atoms with Gasteiger partial charge < -0.3 is 4.90 Å². The van der Waals surface area contributed by atoms with E-state index in [1.807, 2.05) is 6.20 Å². The highest BCUT2D eigenvalue weighted by Gasteiger charge is 2.07. The van der Waals surface area contributed by atoms with E-state index in [0.29, 0.717) is 5.95 Å². The maximum atomic E-state index is 4.46. The monoisotopic (exact) mass is 268 g/mol. The molecule has 0 fully saturated rings. The van der Waals surface area contributed by atoms with Crippen molar-refractivity contribution in [3.8, 4) is 17.3 Å². The Kier molecular flexibility index (Phi) is 3.30. The Morgan fingerprint density at radius 1 is 1.20 bits per heavy atom. The second kappa shape index (κ2) is 5.26. The van der Waals surface area contributed by atoms with E-state index in [4.69, 9.17) is 0 Å². The molecule has 0 saturated carbocycles. The lowest BCUT2D eigenvalue weighted by molar-refractivity contribution is 0.402. The van der Waals surface area contributed by atoms with Crippen molar-refractivity contribution in [1.82, 2.24) is 29.6 Å². The standard InChI is InChI=1S/C14H16N6/c1-19(2)9-11-3-5-12(6-4-11)13-16-14(18-17-13)20-8-7-15-10-20/h3-8,10H,9H2,1-2H3,(H,16,17,18). The van der Waals surface area contributed by atoms with Crippen LogP contribution in [0.25, 0.3) is 17.3 Å². The second-order valence-corrected chi connectivity index (χ2v) is 4.89. The number of benzene rings is 1. The van der Waals surface area contributed by atoms with E-state index in [-0.39, 0.29) is 0 Å². The van der Waals surface area contributed by atoms with Gasteiger partial charge in [0, 0.05) is 24.5 Å². The highest BCUT2D eigenvalue weighted by molar-refractivity contribution is 5.55. The van der Waals surface area contributed by atoms with Crippen LogP contribution < -0.4 is 0 Å². The lowest BCUT2D eigenvalue weighted by Gasteiger charge is -2.09. The van der Waals surface area contributed by atoms with E-state index >= 15 is 0 Å². The van der Waals surface area contributed by atoms with Gasteiger partial charge in [0.1, 0.15) is 6.33 Å². The summed E-state index contributed by atoms with van der Waals surface area (Å²) in [7, 11) is 4.11. The Morgan fingerprint density at radius 2 is 2.00 bits per heavy atom. The van der Waals surface area contributed by atoms with Crippen molar-refractivity contribution in [3.05, 3.63) is 48.5 Å². The normalized spacial score (nSPS) is 11.2. The number of hydrogen-bond donors (Lipinski definition) is 1. The van der Waals surface area contributed by atoms with Crippen LogP contribution in [-0.2, 0) is 6.54 Å². The SMILES string of the molecule is CN(C)Cc1ccc(-c2nc(-n3ccnc3)n[nH]2)cc1. The zero-order chi connectivity index (χ0) is 13.9. The molecule has 0 atom stereocenters. The first kappa shape index (κ1) is 12.6. The van der Waals surface area contributed by atoms with Gasteiger partial charge in [-0.05, 0) is 19.7 Å². The molecule has 0 aliphatic rings. The van der Waals surface area contributed by atoms with Crippen LogP contribution in [0, 0.1) is 0 Å². The van der Waals surface area contributed by atoms with Gasteiger partial charge in [0.2, 0.25) is 0 Å². The number of rotatable bonds is 4. The summed E-state index contributed by atoms with van der Waals surface area (Å²) in [4.78, 5) is 10.6. The van der Waals surface area contributed by atoms with E-state index in [9.17, 15) is 0 Å². The molecular formula is C14H16N6. The number of nitrogens with one attached hydrogen (secondary N) is 1. The molecule has 102 valence electrons. The fourth-order valence-corrected chi connectivity index (χ4v) is 2.01. The number of H-pyrrole nitrogens is 1. The Bertz CT molecular complexity index is 666. The van der Waals surface area contributed by atoms with Crippen molar-refractivity contribution in [1.29, 1.82) is 0 Å². The minimum Gasteiger partial charge on any atom is -0.305 e. The zero-order valence-corrected chi connectivity index (χ0v) is 11.5. The molecule has 6 nitrogen and oxygen atoms in total. The third kappa shape index (κ3) is 2.60. The molecule has 0 bridgehead atoms. The first-order valence-electron chi connectivity index (χ1n) is 6.37. The molecule has 0 aliphatic heterocycles. The summed E-state index contributed by atoms with van der Waals surface area (Å²) in [5, 5.41) is 7.13. The van der Waals surface area contributed by atoms with Crippen molar-refractivity contribution in [3.63, 3.8) is 0 Å².